The van der Waals surface area contributed by atoms with Gasteiger partial charge in [-0.05, 0) is 26.7 Å². The highest BCUT2D eigenvalue weighted by Gasteiger charge is 2.20. The number of nitrogens with one attached hydrogen (secondary N) is 1. The largest absolute Gasteiger partial charge is 0.369 e. The molecule has 0 aliphatic heterocycles. The van der Waals surface area contributed by atoms with E-state index in [1.54, 1.807) is 0 Å². The predicted molar refractivity (Wildman–Crippen MR) is 61.6 cm³/mol. The van der Waals surface area contributed by atoms with E-state index in [9.17, 15) is 4.79 Å². The first-order valence-corrected chi connectivity index (χ1v) is 5.60. The highest BCUT2D eigenvalue weighted by atomic mass is 16.5. The van der Waals surface area contributed by atoms with E-state index in [0.717, 1.165) is 12.8 Å². The first-order chi connectivity index (χ1) is 6.93. The minimum absolute atomic E-state index is 0.0794. The van der Waals surface area contributed by atoms with Crippen molar-refractivity contribution in [1.29, 1.82) is 0 Å². The lowest BCUT2D eigenvalue weighted by atomic mass is 9.94. The normalized spacial score (nSPS) is 11.9. The maximum absolute atomic E-state index is 11.3. The molecule has 0 aliphatic carbocycles. The Hall–Kier alpha value is -0.610. The van der Waals surface area contributed by atoms with Crippen molar-refractivity contribution >= 4 is 5.91 Å². The summed E-state index contributed by atoms with van der Waals surface area (Å²) in [4.78, 5) is 11.3. The van der Waals surface area contributed by atoms with Crippen molar-refractivity contribution < 1.29 is 9.53 Å². The second-order valence-corrected chi connectivity index (χ2v) is 4.21. The van der Waals surface area contributed by atoms with Crippen molar-refractivity contribution in [2.24, 2.45) is 5.73 Å². The molecule has 3 N–H and O–H groups in total. The Morgan fingerprint density at radius 1 is 1.40 bits per heavy atom. The zero-order chi connectivity index (χ0) is 11.9. The number of hydrogen-bond acceptors (Lipinski definition) is 3. The van der Waals surface area contributed by atoms with Gasteiger partial charge < -0.3 is 15.8 Å². The second-order valence-electron chi connectivity index (χ2n) is 4.21. The Morgan fingerprint density at radius 2 is 1.93 bits per heavy atom. The number of ether oxygens (including phenoxy) is 1. The standard InChI is InChI=1S/C11H24N2O2/c1-5-11(12,6-2)8-13-10(14)7-15-9(3)4/h9H,5-8,12H2,1-4H3,(H,13,14). The molecule has 0 atom stereocenters. The van der Waals surface area contributed by atoms with Crippen molar-refractivity contribution in [2.75, 3.05) is 13.2 Å². The zero-order valence-corrected chi connectivity index (χ0v) is 10.3. The average molecular weight is 216 g/mol. The van der Waals surface area contributed by atoms with Gasteiger partial charge in [0.2, 0.25) is 5.91 Å². The third-order valence-corrected chi connectivity index (χ3v) is 2.59. The van der Waals surface area contributed by atoms with Gasteiger partial charge in [0.15, 0.2) is 0 Å². The molecule has 0 heterocycles. The molecule has 0 aromatic heterocycles. The Bertz CT molecular complexity index is 189. The van der Waals surface area contributed by atoms with E-state index in [1.165, 1.54) is 0 Å². The number of amides is 1. The Kier molecular flexibility index (Phi) is 6.52. The van der Waals surface area contributed by atoms with Crippen molar-refractivity contribution in [3.63, 3.8) is 0 Å². The lowest BCUT2D eigenvalue weighted by Gasteiger charge is -2.26. The van der Waals surface area contributed by atoms with Gasteiger partial charge in [0.25, 0.3) is 0 Å². The molecular weight excluding hydrogens is 192 g/mol. The van der Waals surface area contributed by atoms with E-state index in [0.29, 0.717) is 6.54 Å². The highest BCUT2D eigenvalue weighted by Crippen LogP contribution is 2.08. The van der Waals surface area contributed by atoms with E-state index in [2.05, 4.69) is 5.32 Å². The molecule has 0 aromatic rings. The van der Waals surface area contributed by atoms with Crippen LogP contribution in [0.3, 0.4) is 0 Å². The SMILES string of the molecule is CCC(N)(CC)CNC(=O)COC(C)C. The van der Waals surface area contributed by atoms with Crippen LogP contribution in [0.4, 0.5) is 0 Å². The van der Waals surface area contributed by atoms with Gasteiger partial charge in [-0.2, -0.15) is 0 Å². The molecule has 0 aromatic carbocycles. The zero-order valence-electron chi connectivity index (χ0n) is 10.3. The summed E-state index contributed by atoms with van der Waals surface area (Å²) >= 11 is 0. The van der Waals surface area contributed by atoms with Gasteiger partial charge in [-0.25, -0.2) is 0 Å². The van der Waals surface area contributed by atoms with Gasteiger partial charge in [-0.3, -0.25) is 4.79 Å². The van der Waals surface area contributed by atoms with Crippen LogP contribution in [-0.4, -0.2) is 30.7 Å². The number of carbonyl (C=O) groups excluding carboxylic acids is 1. The molecular formula is C11H24N2O2. The topological polar surface area (TPSA) is 64.3 Å². The Labute approximate surface area is 92.6 Å². The summed E-state index contributed by atoms with van der Waals surface area (Å²) in [7, 11) is 0. The van der Waals surface area contributed by atoms with Crippen LogP contribution >= 0.6 is 0 Å². The molecule has 1 amide bonds. The number of nitrogens with two attached hydrogens (primary N) is 1. The van der Waals surface area contributed by atoms with Crippen molar-refractivity contribution in [1.82, 2.24) is 5.32 Å². The number of carbonyl (C=O) groups is 1. The van der Waals surface area contributed by atoms with Crippen LogP contribution in [0.1, 0.15) is 40.5 Å². The molecule has 4 heteroatoms. The summed E-state index contributed by atoms with van der Waals surface area (Å²) in [6, 6.07) is 0. The first-order valence-electron chi connectivity index (χ1n) is 5.60. The van der Waals surface area contributed by atoms with Gasteiger partial charge in [0, 0.05) is 12.1 Å². The molecule has 15 heavy (non-hydrogen) atoms. The van der Waals surface area contributed by atoms with Gasteiger partial charge in [-0.15, -0.1) is 0 Å². The van der Waals surface area contributed by atoms with Gasteiger partial charge in [-0.1, -0.05) is 13.8 Å². The Morgan fingerprint density at radius 3 is 2.33 bits per heavy atom. The van der Waals surface area contributed by atoms with E-state index in [1.807, 2.05) is 27.7 Å². The fourth-order valence-corrected chi connectivity index (χ4v) is 1.07. The first kappa shape index (κ1) is 14.4. The predicted octanol–water partition coefficient (Wildman–Crippen LogP) is 1.05. The molecule has 0 saturated carbocycles. The monoisotopic (exact) mass is 216 g/mol. The molecule has 0 fully saturated rings. The minimum Gasteiger partial charge on any atom is -0.369 e. The molecule has 90 valence electrons. The van der Waals surface area contributed by atoms with Crippen LogP contribution in [0.2, 0.25) is 0 Å². The molecule has 0 rings (SSSR count). The van der Waals surface area contributed by atoms with E-state index >= 15 is 0 Å². The average Bonchev–Trinajstić information content (AvgIpc) is 2.23. The molecule has 0 bridgehead atoms. The molecule has 0 unspecified atom stereocenters. The number of hydrogen-bond donors (Lipinski definition) is 2. The van der Waals surface area contributed by atoms with Crippen molar-refractivity contribution in [3.8, 4) is 0 Å². The Balaban J connectivity index is 3.79. The van der Waals surface area contributed by atoms with E-state index < -0.39 is 0 Å². The maximum atomic E-state index is 11.3. The molecule has 0 aliphatic rings. The molecule has 0 radical (unpaired) electrons. The van der Waals surface area contributed by atoms with Crippen LogP contribution in [0, 0.1) is 0 Å². The summed E-state index contributed by atoms with van der Waals surface area (Å²) in [5.74, 6) is -0.0968. The molecule has 4 nitrogen and oxygen atoms in total. The fourth-order valence-electron chi connectivity index (χ4n) is 1.07. The maximum Gasteiger partial charge on any atom is 0.246 e. The van der Waals surface area contributed by atoms with Crippen molar-refractivity contribution in [3.05, 3.63) is 0 Å². The van der Waals surface area contributed by atoms with Gasteiger partial charge in [0.05, 0.1) is 6.10 Å². The summed E-state index contributed by atoms with van der Waals surface area (Å²) in [6.07, 6.45) is 1.79. The molecule has 0 spiro atoms. The lowest BCUT2D eigenvalue weighted by molar-refractivity contribution is -0.127. The van der Waals surface area contributed by atoms with Crippen LogP contribution in [0.5, 0.6) is 0 Å². The summed E-state index contributed by atoms with van der Waals surface area (Å²) in [5, 5.41) is 2.79. The van der Waals surface area contributed by atoms with E-state index in [4.69, 9.17) is 10.5 Å². The number of rotatable bonds is 7. The van der Waals surface area contributed by atoms with Gasteiger partial charge >= 0.3 is 0 Å². The molecule has 0 saturated heterocycles. The van der Waals surface area contributed by atoms with Crippen LogP contribution in [0.25, 0.3) is 0 Å². The van der Waals surface area contributed by atoms with Crippen LogP contribution < -0.4 is 11.1 Å². The quantitative estimate of drug-likeness (QED) is 0.668. The van der Waals surface area contributed by atoms with Crippen molar-refractivity contribution in [2.45, 2.75) is 52.2 Å². The third-order valence-electron chi connectivity index (χ3n) is 2.59. The van der Waals surface area contributed by atoms with Crippen LogP contribution in [-0.2, 0) is 9.53 Å². The van der Waals surface area contributed by atoms with Crippen LogP contribution in [0.15, 0.2) is 0 Å². The second kappa shape index (κ2) is 6.80. The minimum atomic E-state index is -0.284. The third kappa shape index (κ3) is 6.47. The smallest absolute Gasteiger partial charge is 0.246 e. The van der Waals surface area contributed by atoms with E-state index in [-0.39, 0.29) is 24.2 Å². The van der Waals surface area contributed by atoms with Gasteiger partial charge in [0.1, 0.15) is 6.61 Å². The fraction of sp³-hybridized carbons (Fsp3) is 0.909. The summed E-state index contributed by atoms with van der Waals surface area (Å²) < 4.78 is 5.18. The summed E-state index contributed by atoms with van der Waals surface area (Å²) in [5.41, 5.74) is 5.76. The lowest BCUT2D eigenvalue weighted by Crippen LogP contribution is -2.49. The summed E-state index contributed by atoms with van der Waals surface area (Å²) in [6.45, 7) is 8.49. The highest BCUT2D eigenvalue weighted by molar-refractivity contribution is 5.77.